The first-order chi connectivity index (χ1) is 10.1. The highest BCUT2D eigenvalue weighted by Crippen LogP contribution is 2.22. The Hall–Kier alpha value is -2.11. The number of aromatic carboxylic acids is 1. The first-order valence-electron chi connectivity index (χ1n) is 6.05. The number of para-hydroxylation sites is 1. The predicted octanol–water partition coefficient (Wildman–Crippen LogP) is 3.48. The van der Waals surface area contributed by atoms with Gasteiger partial charge in [-0.3, -0.25) is 4.68 Å². The zero-order chi connectivity index (χ0) is 15.0. The van der Waals surface area contributed by atoms with Crippen LogP contribution in [0.15, 0.2) is 36.5 Å². The van der Waals surface area contributed by atoms with Crippen LogP contribution < -0.4 is 0 Å². The van der Waals surface area contributed by atoms with Gasteiger partial charge in [0.15, 0.2) is 5.69 Å². The molecule has 2 heterocycles. The maximum atomic E-state index is 11.3. The molecular weight excluding hydrogens is 313 g/mol. The van der Waals surface area contributed by atoms with Crippen molar-refractivity contribution in [1.29, 1.82) is 0 Å². The van der Waals surface area contributed by atoms with E-state index in [1.807, 2.05) is 12.1 Å². The van der Waals surface area contributed by atoms with Gasteiger partial charge in [-0.25, -0.2) is 9.78 Å². The highest BCUT2D eigenvalue weighted by Gasteiger charge is 2.16. The molecule has 2 aromatic heterocycles. The molecule has 106 valence electrons. The molecule has 0 aliphatic heterocycles. The highest BCUT2D eigenvalue weighted by atomic mass is 35.5. The minimum absolute atomic E-state index is 0.0265. The third-order valence-corrected chi connectivity index (χ3v) is 3.73. The Morgan fingerprint density at radius 3 is 2.76 bits per heavy atom. The van der Waals surface area contributed by atoms with Gasteiger partial charge in [0.05, 0.1) is 17.1 Å². The summed E-state index contributed by atoms with van der Waals surface area (Å²) in [4.78, 5) is 15.2. The molecule has 0 unspecified atom stereocenters. The number of aromatic nitrogens is 3. The highest BCUT2D eigenvalue weighted by molar-refractivity contribution is 6.41. The molecule has 3 rings (SSSR count). The number of rotatable bonds is 3. The average molecular weight is 322 g/mol. The van der Waals surface area contributed by atoms with Crippen molar-refractivity contribution >= 4 is 40.1 Å². The normalized spacial score (nSPS) is 11.0. The van der Waals surface area contributed by atoms with Gasteiger partial charge in [-0.1, -0.05) is 41.4 Å². The number of nitrogens with zero attached hydrogens (tertiary/aromatic N) is 3. The quantitative estimate of drug-likeness (QED) is 0.750. The Morgan fingerprint density at radius 2 is 2.05 bits per heavy atom. The van der Waals surface area contributed by atoms with Crippen LogP contribution in [0, 0.1) is 0 Å². The maximum absolute atomic E-state index is 11.3. The molecule has 0 aliphatic carbocycles. The fourth-order valence-electron chi connectivity index (χ4n) is 2.13. The molecule has 21 heavy (non-hydrogen) atoms. The number of halogens is 2. The van der Waals surface area contributed by atoms with Crippen LogP contribution in [0.2, 0.25) is 10.2 Å². The van der Waals surface area contributed by atoms with Crippen molar-refractivity contribution in [2.75, 3.05) is 0 Å². The molecule has 3 aromatic rings. The van der Waals surface area contributed by atoms with Gasteiger partial charge in [-0.05, 0) is 17.7 Å². The van der Waals surface area contributed by atoms with Crippen LogP contribution in [-0.4, -0.2) is 25.8 Å². The number of carbonyl (C=O) groups is 1. The number of carboxylic acid groups (broad SMARTS) is 1. The molecule has 0 fully saturated rings. The fraction of sp³-hybridized carbons (Fsp3) is 0.0714. The molecule has 0 saturated carbocycles. The number of pyridine rings is 1. The Bertz CT molecular complexity index is 845. The minimum Gasteiger partial charge on any atom is -0.476 e. The second-order valence-corrected chi connectivity index (χ2v) is 5.21. The molecule has 1 aromatic carbocycles. The van der Waals surface area contributed by atoms with E-state index in [0.717, 1.165) is 11.1 Å². The Morgan fingerprint density at radius 1 is 1.29 bits per heavy atom. The van der Waals surface area contributed by atoms with E-state index in [0.29, 0.717) is 17.0 Å². The largest absolute Gasteiger partial charge is 0.476 e. The molecule has 0 bridgehead atoms. The molecule has 0 aliphatic rings. The van der Waals surface area contributed by atoms with E-state index in [-0.39, 0.29) is 10.8 Å². The van der Waals surface area contributed by atoms with Gasteiger partial charge in [-0.15, -0.1) is 0 Å². The summed E-state index contributed by atoms with van der Waals surface area (Å²) < 4.78 is 1.61. The van der Waals surface area contributed by atoms with Gasteiger partial charge in [0.25, 0.3) is 0 Å². The summed E-state index contributed by atoms with van der Waals surface area (Å²) in [6, 6.07) is 8.85. The standard InChI is InChI=1S/C14H9Cl2N3O2/c15-10-5-8(6-17-13(10)16)7-19-11-4-2-1-3-9(11)12(18-19)14(20)21/h1-6H,7H2,(H,20,21). The summed E-state index contributed by atoms with van der Waals surface area (Å²) in [7, 11) is 0. The van der Waals surface area contributed by atoms with Crippen LogP contribution in [0.25, 0.3) is 10.9 Å². The van der Waals surface area contributed by atoms with Gasteiger partial charge in [0.2, 0.25) is 0 Å². The third-order valence-electron chi connectivity index (χ3n) is 3.05. The Balaban J connectivity index is 2.08. The van der Waals surface area contributed by atoms with Crippen LogP contribution in [-0.2, 0) is 6.54 Å². The monoisotopic (exact) mass is 321 g/mol. The molecule has 7 heteroatoms. The molecule has 0 radical (unpaired) electrons. The van der Waals surface area contributed by atoms with Crippen LogP contribution in [0.4, 0.5) is 0 Å². The van der Waals surface area contributed by atoms with Crippen molar-refractivity contribution in [2.45, 2.75) is 6.54 Å². The zero-order valence-electron chi connectivity index (χ0n) is 10.6. The number of hydrogen-bond donors (Lipinski definition) is 1. The van der Waals surface area contributed by atoms with Crippen LogP contribution in [0.3, 0.4) is 0 Å². The topological polar surface area (TPSA) is 68.0 Å². The second kappa shape index (κ2) is 5.35. The first kappa shape index (κ1) is 13.9. The van der Waals surface area contributed by atoms with E-state index >= 15 is 0 Å². The minimum atomic E-state index is -1.06. The summed E-state index contributed by atoms with van der Waals surface area (Å²) in [5.74, 6) is -1.06. The van der Waals surface area contributed by atoms with Crippen molar-refractivity contribution < 1.29 is 9.90 Å². The molecule has 0 spiro atoms. The maximum Gasteiger partial charge on any atom is 0.357 e. The van der Waals surface area contributed by atoms with E-state index in [4.69, 9.17) is 23.2 Å². The van der Waals surface area contributed by atoms with E-state index in [1.54, 1.807) is 29.1 Å². The van der Waals surface area contributed by atoms with E-state index in [9.17, 15) is 9.90 Å². The zero-order valence-corrected chi connectivity index (χ0v) is 12.1. The molecule has 0 saturated heterocycles. The van der Waals surface area contributed by atoms with Crippen LogP contribution in [0.1, 0.15) is 16.1 Å². The fourth-order valence-corrected chi connectivity index (χ4v) is 2.42. The number of fused-ring (bicyclic) bond motifs is 1. The lowest BCUT2D eigenvalue weighted by Gasteiger charge is -2.04. The number of carboxylic acids is 1. The summed E-state index contributed by atoms with van der Waals surface area (Å²) >= 11 is 11.7. The molecule has 5 nitrogen and oxygen atoms in total. The van der Waals surface area contributed by atoms with Gasteiger partial charge in [0.1, 0.15) is 5.15 Å². The van der Waals surface area contributed by atoms with Gasteiger partial charge in [-0.2, -0.15) is 5.10 Å². The van der Waals surface area contributed by atoms with Gasteiger partial charge in [0, 0.05) is 11.6 Å². The molecule has 0 amide bonds. The van der Waals surface area contributed by atoms with E-state index < -0.39 is 5.97 Å². The second-order valence-electron chi connectivity index (χ2n) is 4.44. The van der Waals surface area contributed by atoms with Gasteiger partial charge >= 0.3 is 5.97 Å². The summed E-state index contributed by atoms with van der Waals surface area (Å²) in [5.41, 5.74) is 1.55. The van der Waals surface area contributed by atoms with Crippen molar-refractivity contribution in [3.8, 4) is 0 Å². The van der Waals surface area contributed by atoms with Gasteiger partial charge < -0.3 is 5.11 Å². The van der Waals surface area contributed by atoms with Crippen LogP contribution in [0.5, 0.6) is 0 Å². The predicted molar refractivity (Wildman–Crippen MR) is 80.1 cm³/mol. The molecule has 0 atom stereocenters. The Kier molecular flexibility index (Phi) is 3.53. The third kappa shape index (κ3) is 2.57. The van der Waals surface area contributed by atoms with Crippen molar-refractivity contribution in [2.24, 2.45) is 0 Å². The van der Waals surface area contributed by atoms with Crippen LogP contribution >= 0.6 is 23.2 Å². The molecular formula is C14H9Cl2N3O2. The lowest BCUT2D eigenvalue weighted by atomic mass is 10.2. The number of benzene rings is 1. The summed E-state index contributed by atoms with van der Waals surface area (Å²) in [5, 5.41) is 14.5. The lowest BCUT2D eigenvalue weighted by Crippen LogP contribution is -2.05. The SMILES string of the molecule is O=C(O)c1nn(Cc2cnc(Cl)c(Cl)c2)c2ccccc12. The van der Waals surface area contributed by atoms with Crippen molar-refractivity contribution in [3.05, 3.63) is 58.0 Å². The average Bonchev–Trinajstić information content (AvgIpc) is 2.82. The van der Waals surface area contributed by atoms with Crippen molar-refractivity contribution in [3.63, 3.8) is 0 Å². The summed E-state index contributed by atoms with van der Waals surface area (Å²) in [6.45, 7) is 0.359. The van der Waals surface area contributed by atoms with E-state index in [1.165, 1.54) is 0 Å². The summed E-state index contributed by atoms with van der Waals surface area (Å²) in [6.07, 6.45) is 1.59. The number of hydrogen-bond acceptors (Lipinski definition) is 3. The first-order valence-corrected chi connectivity index (χ1v) is 6.80. The lowest BCUT2D eigenvalue weighted by molar-refractivity contribution is 0.0691. The smallest absolute Gasteiger partial charge is 0.357 e. The van der Waals surface area contributed by atoms with Crippen molar-refractivity contribution in [1.82, 2.24) is 14.8 Å². The molecule has 1 N–H and O–H groups in total. The van der Waals surface area contributed by atoms with E-state index in [2.05, 4.69) is 10.1 Å². The Labute approximate surface area is 129 Å².